The van der Waals surface area contributed by atoms with Crippen molar-refractivity contribution in [1.82, 2.24) is 14.7 Å². The minimum atomic E-state index is -1.14. The second-order valence-corrected chi connectivity index (χ2v) is 5.53. The number of carbonyl (C=O) groups excluding carboxylic acids is 1. The number of carbonyl (C=O) groups is 2. The molecule has 1 atom stereocenters. The zero-order valence-electron chi connectivity index (χ0n) is 13.8. The number of aliphatic carboxylic acids is 1. The van der Waals surface area contributed by atoms with Crippen LogP contribution in [0, 0.1) is 5.82 Å². The van der Waals surface area contributed by atoms with E-state index in [4.69, 9.17) is 5.11 Å². The zero-order chi connectivity index (χ0) is 18.6. The molecule has 0 spiro atoms. The molecule has 0 bridgehead atoms. The third-order valence-electron chi connectivity index (χ3n) is 3.78. The largest absolute Gasteiger partial charge is 0.480 e. The molecule has 0 radical (unpaired) electrons. The van der Waals surface area contributed by atoms with E-state index >= 15 is 0 Å². The Morgan fingerprint density at radius 3 is 2.44 bits per heavy atom. The smallest absolute Gasteiger partial charge is 0.323 e. The Morgan fingerprint density at radius 1 is 1.24 bits per heavy atom. The van der Waals surface area contributed by atoms with Gasteiger partial charge in [-0.3, -0.25) is 14.4 Å². The zero-order valence-corrected chi connectivity index (χ0v) is 13.8. The average molecular weight is 347 g/mol. The van der Waals surface area contributed by atoms with Crippen LogP contribution in [0.5, 0.6) is 0 Å². The van der Waals surface area contributed by atoms with Crippen molar-refractivity contribution in [3.05, 3.63) is 58.3 Å². The monoisotopic (exact) mass is 347 g/mol. The molecule has 1 N–H and O–H groups in total. The number of amides is 1. The van der Waals surface area contributed by atoms with E-state index in [1.165, 1.54) is 41.3 Å². The summed E-state index contributed by atoms with van der Waals surface area (Å²) in [5.74, 6) is -2.19. The fourth-order valence-electron chi connectivity index (χ4n) is 2.23. The van der Waals surface area contributed by atoms with Gasteiger partial charge >= 0.3 is 5.97 Å². The van der Waals surface area contributed by atoms with Gasteiger partial charge in [0.05, 0.1) is 5.69 Å². The molecule has 7 nitrogen and oxygen atoms in total. The predicted octanol–water partition coefficient (Wildman–Crippen LogP) is 1.70. The van der Waals surface area contributed by atoms with Gasteiger partial charge in [0.15, 0.2) is 0 Å². The minimum Gasteiger partial charge on any atom is -0.480 e. The molecule has 1 aromatic heterocycles. The number of hydrogen-bond donors (Lipinski definition) is 1. The first-order valence-corrected chi connectivity index (χ1v) is 7.72. The molecule has 1 unspecified atom stereocenters. The molecule has 2 aromatic rings. The molecule has 0 saturated carbocycles. The first kappa shape index (κ1) is 18.3. The second-order valence-electron chi connectivity index (χ2n) is 5.53. The number of nitrogens with zero attached hydrogens (tertiary/aromatic N) is 3. The lowest BCUT2D eigenvalue weighted by Gasteiger charge is -2.26. The third kappa shape index (κ3) is 4.28. The van der Waals surface area contributed by atoms with Crippen LogP contribution in [-0.4, -0.2) is 44.3 Å². The maximum Gasteiger partial charge on any atom is 0.323 e. The number of halogens is 1. The van der Waals surface area contributed by atoms with Crippen LogP contribution in [0.3, 0.4) is 0 Å². The Morgan fingerprint density at radius 2 is 1.88 bits per heavy atom. The van der Waals surface area contributed by atoms with Gasteiger partial charge < -0.3 is 10.0 Å². The molecule has 0 fully saturated rings. The number of aromatic nitrogens is 2. The highest BCUT2D eigenvalue weighted by atomic mass is 19.1. The quantitative estimate of drug-likeness (QED) is 0.858. The lowest BCUT2D eigenvalue weighted by Crippen LogP contribution is -2.42. The van der Waals surface area contributed by atoms with E-state index in [9.17, 15) is 18.8 Å². The Hall–Kier alpha value is -3.03. The summed E-state index contributed by atoms with van der Waals surface area (Å²) in [4.78, 5) is 36.9. The van der Waals surface area contributed by atoms with Crippen LogP contribution < -0.4 is 5.56 Å². The van der Waals surface area contributed by atoms with E-state index in [1.807, 2.05) is 6.92 Å². The summed E-state index contributed by atoms with van der Waals surface area (Å²) in [6.07, 6.45) is 0.566. The molecule has 2 rings (SSSR count). The molecule has 1 heterocycles. The van der Waals surface area contributed by atoms with Crippen molar-refractivity contribution in [2.45, 2.75) is 26.3 Å². The number of carboxylic acids is 1. The van der Waals surface area contributed by atoms with Gasteiger partial charge in [-0.1, -0.05) is 6.92 Å². The standard InChI is InChI=1S/C17H18FN3O4/c1-3-11(2)20(10-16(23)24)17(25)14-8-9-15(22)21(19-14)13-6-4-12(18)5-7-13/h4-9,11H,3,10H2,1-2H3,(H,23,24). The van der Waals surface area contributed by atoms with Gasteiger partial charge in [0, 0.05) is 12.1 Å². The Kier molecular flexibility index (Phi) is 5.63. The van der Waals surface area contributed by atoms with E-state index in [-0.39, 0.29) is 11.7 Å². The van der Waals surface area contributed by atoms with Gasteiger partial charge in [0.2, 0.25) is 0 Å². The average Bonchev–Trinajstić information content (AvgIpc) is 2.59. The van der Waals surface area contributed by atoms with Gasteiger partial charge in [-0.15, -0.1) is 0 Å². The van der Waals surface area contributed by atoms with Crippen LogP contribution in [-0.2, 0) is 4.79 Å². The van der Waals surface area contributed by atoms with E-state index in [0.717, 1.165) is 4.68 Å². The fourth-order valence-corrected chi connectivity index (χ4v) is 2.23. The first-order valence-electron chi connectivity index (χ1n) is 7.72. The highest BCUT2D eigenvalue weighted by Crippen LogP contribution is 2.10. The van der Waals surface area contributed by atoms with Gasteiger partial charge in [-0.25, -0.2) is 4.39 Å². The van der Waals surface area contributed by atoms with Crippen molar-refractivity contribution in [2.75, 3.05) is 6.54 Å². The summed E-state index contributed by atoms with van der Waals surface area (Å²) >= 11 is 0. The molecule has 0 aliphatic carbocycles. The lowest BCUT2D eigenvalue weighted by atomic mass is 10.2. The molecular formula is C17H18FN3O4. The minimum absolute atomic E-state index is 0.0644. The molecule has 8 heteroatoms. The highest BCUT2D eigenvalue weighted by Gasteiger charge is 2.24. The van der Waals surface area contributed by atoms with Crippen molar-refractivity contribution in [1.29, 1.82) is 0 Å². The summed E-state index contributed by atoms with van der Waals surface area (Å²) in [6, 6.07) is 7.18. The number of benzene rings is 1. The molecule has 0 saturated heterocycles. The van der Waals surface area contributed by atoms with Crippen LogP contribution in [0.4, 0.5) is 4.39 Å². The molecule has 0 aliphatic rings. The maximum absolute atomic E-state index is 13.0. The van der Waals surface area contributed by atoms with Gasteiger partial charge in [0.25, 0.3) is 11.5 Å². The maximum atomic E-state index is 13.0. The van der Waals surface area contributed by atoms with Crippen LogP contribution in [0.1, 0.15) is 30.8 Å². The van der Waals surface area contributed by atoms with E-state index < -0.39 is 29.8 Å². The van der Waals surface area contributed by atoms with E-state index in [0.29, 0.717) is 12.1 Å². The summed E-state index contributed by atoms with van der Waals surface area (Å²) in [5.41, 5.74) is -0.253. The second kappa shape index (κ2) is 7.69. The van der Waals surface area contributed by atoms with Crippen LogP contribution in [0.15, 0.2) is 41.2 Å². The fraction of sp³-hybridized carbons (Fsp3) is 0.294. The SMILES string of the molecule is CCC(C)N(CC(=O)O)C(=O)c1ccc(=O)n(-c2ccc(F)cc2)n1. The predicted molar refractivity (Wildman–Crippen MR) is 88.2 cm³/mol. The molecule has 132 valence electrons. The van der Waals surface area contributed by atoms with Gasteiger partial charge in [-0.2, -0.15) is 9.78 Å². The number of hydrogen-bond acceptors (Lipinski definition) is 4. The Bertz CT molecular complexity index is 833. The van der Waals surface area contributed by atoms with Crippen molar-refractivity contribution in [3.63, 3.8) is 0 Å². The summed E-state index contributed by atoms with van der Waals surface area (Å²) in [6.45, 7) is 3.10. The molecule has 0 aliphatic heterocycles. The van der Waals surface area contributed by atoms with Crippen molar-refractivity contribution in [2.24, 2.45) is 0 Å². The van der Waals surface area contributed by atoms with Crippen molar-refractivity contribution < 1.29 is 19.1 Å². The first-order chi connectivity index (χ1) is 11.8. The summed E-state index contributed by atoms with van der Waals surface area (Å²) in [7, 11) is 0. The molecular weight excluding hydrogens is 329 g/mol. The molecule has 1 amide bonds. The third-order valence-corrected chi connectivity index (χ3v) is 3.78. The van der Waals surface area contributed by atoms with Gasteiger partial charge in [-0.05, 0) is 43.7 Å². The van der Waals surface area contributed by atoms with Crippen molar-refractivity contribution >= 4 is 11.9 Å². The van der Waals surface area contributed by atoms with E-state index in [2.05, 4.69) is 5.10 Å². The highest BCUT2D eigenvalue weighted by molar-refractivity contribution is 5.94. The van der Waals surface area contributed by atoms with Crippen LogP contribution >= 0.6 is 0 Å². The van der Waals surface area contributed by atoms with Gasteiger partial charge in [0.1, 0.15) is 18.1 Å². The van der Waals surface area contributed by atoms with E-state index in [1.54, 1.807) is 6.92 Å². The lowest BCUT2D eigenvalue weighted by molar-refractivity contribution is -0.138. The summed E-state index contributed by atoms with van der Waals surface area (Å²) < 4.78 is 14.0. The van der Waals surface area contributed by atoms with Crippen LogP contribution in [0.2, 0.25) is 0 Å². The summed E-state index contributed by atoms with van der Waals surface area (Å²) in [5, 5.41) is 13.0. The topological polar surface area (TPSA) is 92.5 Å². The molecule has 1 aromatic carbocycles. The van der Waals surface area contributed by atoms with Crippen LogP contribution in [0.25, 0.3) is 5.69 Å². The normalized spacial score (nSPS) is 11.8. The van der Waals surface area contributed by atoms with Crippen molar-refractivity contribution in [3.8, 4) is 5.69 Å². The Balaban J connectivity index is 2.43. The Labute approximate surface area is 143 Å². The number of rotatable bonds is 6. The molecule has 25 heavy (non-hydrogen) atoms. The number of carboxylic acid groups (broad SMARTS) is 1.